The van der Waals surface area contributed by atoms with Crippen molar-refractivity contribution in [3.05, 3.63) is 51.6 Å². The summed E-state index contributed by atoms with van der Waals surface area (Å²) in [5, 5.41) is 5.12. The summed E-state index contributed by atoms with van der Waals surface area (Å²) in [5.41, 5.74) is 2.45. The lowest BCUT2D eigenvalue weighted by atomic mass is 10.1. The van der Waals surface area contributed by atoms with Crippen molar-refractivity contribution in [3.8, 4) is 0 Å². The smallest absolute Gasteiger partial charge is 0.262 e. The van der Waals surface area contributed by atoms with Gasteiger partial charge in [-0.05, 0) is 49.7 Å². The van der Waals surface area contributed by atoms with Crippen LogP contribution < -0.4 is 4.72 Å². The van der Waals surface area contributed by atoms with Gasteiger partial charge in [-0.1, -0.05) is 28.4 Å². The van der Waals surface area contributed by atoms with Crippen molar-refractivity contribution >= 4 is 49.9 Å². The van der Waals surface area contributed by atoms with Gasteiger partial charge in [0.05, 0.1) is 16.3 Å². The van der Waals surface area contributed by atoms with E-state index in [-0.39, 0.29) is 14.9 Å². The molecule has 3 aromatic rings. The van der Waals surface area contributed by atoms with Crippen molar-refractivity contribution in [3.63, 3.8) is 0 Å². The first-order valence-electron chi connectivity index (χ1n) is 6.62. The molecule has 0 radical (unpaired) electrons. The molecule has 1 N–H and O–H groups in total. The monoisotopic (exact) mass is 370 g/mol. The number of aryl methyl sites for hydroxylation is 2. The first kappa shape index (κ1) is 16.1. The predicted molar refractivity (Wildman–Crippen MR) is 90.8 cm³/mol. The predicted octanol–water partition coefficient (Wildman–Crippen LogP) is 4.55. The van der Waals surface area contributed by atoms with Gasteiger partial charge in [0.25, 0.3) is 10.0 Å². The molecule has 0 amide bonds. The third-order valence-corrected chi connectivity index (χ3v) is 5.17. The first-order valence-corrected chi connectivity index (χ1v) is 8.86. The summed E-state index contributed by atoms with van der Waals surface area (Å²) in [4.78, 5) is -0.00321. The minimum Gasteiger partial charge on any atom is -0.356 e. The van der Waals surface area contributed by atoms with Crippen LogP contribution in [0.4, 0.5) is 5.69 Å². The van der Waals surface area contributed by atoms with Crippen molar-refractivity contribution in [2.24, 2.45) is 0 Å². The van der Waals surface area contributed by atoms with E-state index >= 15 is 0 Å². The Hall–Kier alpha value is -1.76. The summed E-state index contributed by atoms with van der Waals surface area (Å²) in [6.07, 6.45) is 0. The normalized spacial score (nSPS) is 11.8. The van der Waals surface area contributed by atoms with Gasteiger partial charge in [-0.25, -0.2) is 8.42 Å². The topological polar surface area (TPSA) is 72.2 Å². The maximum atomic E-state index is 12.6. The van der Waals surface area contributed by atoms with Gasteiger partial charge in [0.2, 0.25) is 0 Å². The van der Waals surface area contributed by atoms with Crippen molar-refractivity contribution in [1.29, 1.82) is 0 Å². The summed E-state index contributed by atoms with van der Waals surface area (Å²) in [6, 6.07) is 7.58. The maximum absolute atomic E-state index is 12.6. The quantitative estimate of drug-likeness (QED) is 0.733. The van der Waals surface area contributed by atoms with E-state index in [1.807, 2.05) is 0 Å². The number of hydrogen-bond acceptors (Lipinski definition) is 4. The van der Waals surface area contributed by atoms with Gasteiger partial charge in [0, 0.05) is 15.4 Å². The number of fused-ring (bicyclic) bond motifs is 1. The number of rotatable bonds is 3. The van der Waals surface area contributed by atoms with Gasteiger partial charge >= 0.3 is 0 Å². The van der Waals surface area contributed by atoms with E-state index in [2.05, 4.69) is 9.88 Å². The highest BCUT2D eigenvalue weighted by Gasteiger charge is 2.18. The molecule has 8 heteroatoms. The molecule has 0 spiro atoms. The third kappa shape index (κ3) is 3.15. The van der Waals surface area contributed by atoms with Gasteiger partial charge in [-0.2, -0.15) is 0 Å². The molecular weight excluding hydrogens is 359 g/mol. The molecule has 23 heavy (non-hydrogen) atoms. The van der Waals surface area contributed by atoms with Crippen LogP contribution in [-0.4, -0.2) is 13.6 Å². The molecule has 1 heterocycles. The molecule has 0 bridgehead atoms. The SMILES string of the molecule is Cc1cc2onc(C)c2cc1NS(=O)(=O)c1cc(Cl)cc(Cl)c1. The van der Waals surface area contributed by atoms with Gasteiger partial charge in [0.1, 0.15) is 0 Å². The van der Waals surface area contributed by atoms with Gasteiger partial charge in [-0.15, -0.1) is 0 Å². The van der Waals surface area contributed by atoms with Crippen LogP contribution in [0.25, 0.3) is 11.0 Å². The van der Waals surface area contributed by atoms with Gasteiger partial charge < -0.3 is 4.52 Å². The first-order chi connectivity index (χ1) is 10.8. The molecule has 0 aliphatic heterocycles. The standard InChI is InChI=1S/C15H12Cl2N2O3S/c1-8-3-15-13(9(2)18-22-15)7-14(8)19-23(20,21)12-5-10(16)4-11(17)6-12/h3-7,19H,1-2H3. The summed E-state index contributed by atoms with van der Waals surface area (Å²) in [6.45, 7) is 3.57. The van der Waals surface area contributed by atoms with E-state index < -0.39 is 10.0 Å². The zero-order chi connectivity index (χ0) is 16.8. The lowest BCUT2D eigenvalue weighted by molar-refractivity contribution is 0.450. The van der Waals surface area contributed by atoms with Crippen LogP contribution in [0.15, 0.2) is 39.8 Å². The Balaban J connectivity index is 2.06. The molecule has 3 rings (SSSR count). The number of benzene rings is 2. The summed E-state index contributed by atoms with van der Waals surface area (Å²) in [5.74, 6) is 0. The van der Waals surface area contributed by atoms with E-state index in [1.165, 1.54) is 18.2 Å². The molecule has 0 aliphatic rings. The van der Waals surface area contributed by atoms with Crippen LogP contribution in [-0.2, 0) is 10.0 Å². The number of aromatic nitrogens is 1. The molecule has 0 saturated carbocycles. The second-order valence-corrected chi connectivity index (χ2v) is 7.70. The van der Waals surface area contributed by atoms with Gasteiger partial charge in [0.15, 0.2) is 5.58 Å². The summed E-state index contributed by atoms with van der Waals surface area (Å²) < 4.78 is 32.8. The highest BCUT2D eigenvalue weighted by atomic mass is 35.5. The highest BCUT2D eigenvalue weighted by molar-refractivity contribution is 7.92. The molecular formula is C15H12Cl2N2O3S. The Bertz CT molecular complexity index is 993. The molecule has 0 saturated heterocycles. The molecule has 0 aliphatic carbocycles. The van der Waals surface area contributed by atoms with Crippen molar-refractivity contribution in [1.82, 2.24) is 5.16 Å². The average Bonchev–Trinajstić information content (AvgIpc) is 2.79. The van der Waals surface area contributed by atoms with E-state index in [0.29, 0.717) is 22.5 Å². The Morgan fingerprint density at radius 3 is 2.35 bits per heavy atom. The number of hydrogen-bond donors (Lipinski definition) is 1. The second-order valence-electron chi connectivity index (χ2n) is 5.14. The molecule has 120 valence electrons. The van der Waals surface area contributed by atoms with Crippen LogP contribution >= 0.6 is 23.2 Å². The zero-order valence-corrected chi connectivity index (χ0v) is 14.6. The molecule has 0 fully saturated rings. The molecule has 0 atom stereocenters. The average molecular weight is 371 g/mol. The molecule has 5 nitrogen and oxygen atoms in total. The Labute approximate surface area is 143 Å². The lowest BCUT2D eigenvalue weighted by Gasteiger charge is -2.11. The van der Waals surface area contributed by atoms with E-state index in [4.69, 9.17) is 27.7 Å². The minimum absolute atomic E-state index is 0.00321. The number of nitrogens with zero attached hydrogens (tertiary/aromatic N) is 1. The maximum Gasteiger partial charge on any atom is 0.262 e. The fourth-order valence-electron chi connectivity index (χ4n) is 2.20. The molecule has 0 unspecified atom stereocenters. The van der Waals surface area contributed by atoms with Crippen LogP contribution in [0.5, 0.6) is 0 Å². The lowest BCUT2D eigenvalue weighted by Crippen LogP contribution is -2.13. The van der Waals surface area contributed by atoms with E-state index in [0.717, 1.165) is 5.39 Å². The molecule has 1 aromatic heterocycles. The van der Waals surface area contributed by atoms with Gasteiger partial charge in [-0.3, -0.25) is 4.72 Å². The molecule has 2 aromatic carbocycles. The van der Waals surface area contributed by atoms with Crippen molar-refractivity contribution in [2.75, 3.05) is 4.72 Å². The summed E-state index contributed by atoms with van der Waals surface area (Å²) in [7, 11) is -3.82. The van der Waals surface area contributed by atoms with Crippen LogP contribution in [0.1, 0.15) is 11.3 Å². The number of anilines is 1. The van der Waals surface area contributed by atoms with Crippen LogP contribution in [0.2, 0.25) is 10.0 Å². The van der Waals surface area contributed by atoms with Crippen molar-refractivity contribution in [2.45, 2.75) is 18.7 Å². The Morgan fingerprint density at radius 1 is 1.04 bits per heavy atom. The second kappa shape index (κ2) is 5.70. The zero-order valence-electron chi connectivity index (χ0n) is 12.2. The summed E-state index contributed by atoms with van der Waals surface area (Å²) >= 11 is 11.8. The van der Waals surface area contributed by atoms with Crippen molar-refractivity contribution < 1.29 is 12.9 Å². The van der Waals surface area contributed by atoms with Crippen LogP contribution in [0.3, 0.4) is 0 Å². The number of sulfonamides is 1. The largest absolute Gasteiger partial charge is 0.356 e. The highest BCUT2D eigenvalue weighted by Crippen LogP contribution is 2.29. The van der Waals surface area contributed by atoms with E-state index in [1.54, 1.807) is 26.0 Å². The number of halogens is 2. The number of nitrogens with one attached hydrogen (secondary N) is 1. The third-order valence-electron chi connectivity index (χ3n) is 3.39. The Morgan fingerprint density at radius 2 is 1.70 bits per heavy atom. The Kier molecular flexibility index (Phi) is 4.00. The van der Waals surface area contributed by atoms with E-state index in [9.17, 15) is 8.42 Å². The minimum atomic E-state index is -3.82. The fraction of sp³-hybridized carbons (Fsp3) is 0.133. The van der Waals surface area contributed by atoms with Crippen LogP contribution in [0, 0.1) is 13.8 Å². The fourth-order valence-corrected chi connectivity index (χ4v) is 4.05.